The quantitative estimate of drug-likeness (QED) is 0.943. The van der Waals surface area contributed by atoms with E-state index in [9.17, 15) is 14.3 Å². The maximum absolute atomic E-state index is 13.0. The molecule has 1 fully saturated rings. The summed E-state index contributed by atoms with van der Waals surface area (Å²) in [6, 6.07) is 7.99. The van der Waals surface area contributed by atoms with Gasteiger partial charge in [0.15, 0.2) is 0 Å². The molecule has 2 heterocycles. The van der Waals surface area contributed by atoms with Gasteiger partial charge in [-0.05, 0) is 43.5 Å². The van der Waals surface area contributed by atoms with Crippen molar-refractivity contribution in [1.82, 2.24) is 4.90 Å². The molecular weight excluding hydrogens is 297 g/mol. The number of hydrogen-bond donors (Lipinski definition) is 1. The van der Waals surface area contributed by atoms with Gasteiger partial charge in [0.25, 0.3) is 5.91 Å². The lowest BCUT2D eigenvalue weighted by Crippen LogP contribution is -2.35. The molecule has 1 aliphatic rings. The Morgan fingerprint density at radius 2 is 2.09 bits per heavy atom. The second-order valence-corrected chi connectivity index (χ2v) is 6.33. The zero-order valence-electron chi connectivity index (χ0n) is 13.1. The number of carbonyl (C=O) groups excluding carboxylic acids is 1. The van der Waals surface area contributed by atoms with Crippen molar-refractivity contribution in [3.8, 4) is 0 Å². The SMILES string of the molecule is Cc1occc1C(=O)N1CCC(CO)(Cc2ccc(F)cc2)C1. The predicted octanol–water partition coefficient (Wildman–Crippen LogP) is 2.79. The summed E-state index contributed by atoms with van der Waals surface area (Å²) in [6.45, 7) is 2.86. The summed E-state index contributed by atoms with van der Waals surface area (Å²) in [7, 11) is 0. The molecule has 1 N–H and O–H groups in total. The van der Waals surface area contributed by atoms with Gasteiger partial charge in [0.1, 0.15) is 11.6 Å². The third-order valence-corrected chi connectivity index (χ3v) is 4.64. The highest BCUT2D eigenvalue weighted by Crippen LogP contribution is 2.35. The zero-order valence-corrected chi connectivity index (χ0v) is 13.1. The van der Waals surface area contributed by atoms with E-state index < -0.39 is 0 Å². The Morgan fingerprint density at radius 1 is 1.35 bits per heavy atom. The molecule has 1 aromatic carbocycles. The lowest BCUT2D eigenvalue weighted by atomic mass is 9.81. The largest absolute Gasteiger partial charge is 0.469 e. The summed E-state index contributed by atoms with van der Waals surface area (Å²) in [5.41, 5.74) is 1.17. The van der Waals surface area contributed by atoms with Crippen LogP contribution in [0.15, 0.2) is 41.0 Å². The standard InChI is InChI=1S/C18H20FNO3/c1-13-16(6-9-23-13)17(22)20-8-7-18(11-20,12-21)10-14-2-4-15(19)5-3-14/h2-6,9,21H,7-8,10-12H2,1H3. The minimum absolute atomic E-state index is 0.00146. The number of amides is 1. The molecule has 0 radical (unpaired) electrons. The number of carbonyl (C=O) groups is 1. The molecule has 0 spiro atoms. The van der Waals surface area contributed by atoms with Crippen molar-refractivity contribution >= 4 is 5.91 Å². The van der Waals surface area contributed by atoms with E-state index in [0.29, 0.717) is 30.8 Å². The van der Waals surface area contributed by atoms with Gasteiger partial charge in [0, 0.05) is 18.5 Å². The highest BCUT2D eigenvalue weighted by Gasteiger charge is 2.40. The number of likely N-dealkylation sites (tertiary alicyclic amines) is 1. The number of furan rings is 1. The Morgan fingerprint density at radius 3 is 2.70 bits per heavy atom. The zero-order chi connectivity index (χ0) is 16.4. The van der Waals surface area contributed by atoms with Crippen molar-refractivity contribution < 1.29 is 18.7 Å². The second kappa shape index (κ2) is 6.16. The van der Waals surface area contributed by atoms with Gasteiger partial charge < -0.3 is 14.4 Å². The molecule has 0 aliphatic carbocycles. The summed E-state index contributed by atoms with van der Waals surface area (Å²) in [5, 5.41) is 9.89. The average Bonchev–Trinajstić information content (AvgIpc) is 3.16. The fourth-order valence-corrected chi connectivity index (χ4v) is 3.25. The highest BCUT2D eigenvalue weighted by molar-refractivity contribution is 5.95. The Bertz CT molecular complexity index is 695. The summed E-state index contributed by atoms with van der Waals surface area (Å²) in [5.74, 6) is 0.270. The highest BCUT2D eigenvalue weighted by atomic mass is 19.1. The van der Waals surface area contributed by atoms with Gasteiger partial charge in [-0.1, -0.05) is 12.1 Å². The van der Waals surface area contributed by atoms with E-state index in [0.717, 1.165) is 12.0 Å². The van der Waals surface area contributed by atoms with E-state index in [2.05, 4.69) is 0 Å². The maximum Gasteiger partial charge on any atom is 0.257 e. The van der Waals surface area contributed by atoms with Crippen LogP contribution in [-0.4, -0.2) is 35.6 Å². The topological polar surface area (TPSA) is 53.7 Å². The molecule has 3 rings (SSSR count). The smallest absolute Gasteiger partial charge is 0.257 e. The van der Waals surface area contributed by atoms with Crippen LogP contribution >= 0.6 is 0 Å². The number of aliphatic hydroxyl groups excluding tert-OH is 1. The van der Waals surface area contributed by atoms with E-state index in [1.165, 1.54) is 18.4 Å². The minimum Gasteiger partial charge on any atom is -0.469 e. The maximum atomic E-state index is 13.0. The van der Waals surface area contributed by atoms with Crippen LogP contribution in [0.2, 0.25) is 0 Å². The number of nitrogens with zero attached hydrogens (tertiary/aromatic N) is 1. The van der Waals surface area contributed by atoms with Gasteiger partial charge in [0.05, 0.1) is 18.4 Å². The van der Waals surface area contributed by atoms with Crippen LogP contribution in [0.4, 0.5) is 4.39 Å². The fourth-order valence-electron chi connectivity index (χ4n) is 3.25. The molecule has 0 bridgehead atoms. The van der Waals surface area contributed by atoms with Gasteiger partial charge in [-0.15, -0.1) is 0 Å². The number of aliphatic hydroxyl groups is 1. The third kappa shape index (κ3) is 3.15. The molecule has 23 heavy (non-hydrogen) atoms. The first-order valence-corrected chi connectivity index (χ1v) is 7.72. The normalized spacial score (nSPS) is 20.9. The Hall–Kier alpha value is -2.14. The summed E-state index contributed by atoms with van der Waals surface area (Å²) in [4.78, 5) is 14.3. The molecule has 0 saturated carbocycles. The van der Waals surface area contributed by atoms with Gasteiger partial charge >= 0.3 is 0 Å². The molecule has 1 amide bonds. The minimum atomic E-state index is -0.370. The first kappa shape index (κ1) is 15.7. The molecular formula is C18H20FNO3. The third-order valence-electron chi connectivity index (χ3n) is 4.64. The lowest BCUT2D eigenvalue weighted by Gasteiger charge is -2.27. The van der Waals surface area contributed by atoms with Crippen LogP contribution in [0.3, 0.4) is 0 Å². The molecule has 1 unspecified atom stereocenters. The van der Waals surface area contributed by atoms with E-state index in [1.807, 2.05) is 0 Å². The summed E-state index contributed by atoms with van der Waals surface area (Å²) < 4.78 is 18.2. The Labute approximate surface area is 134 Å². The van der Waals surface area contributed by atoms with Crippen molar-refractivity contribution in [3.63, 3.8) is 0 Å². The molecule has 5 heteroatoms. The van der Waals surface area contributed by atoms with Crippen molar-refractivity contribution in [3.05, 3.63) is 59.3 Å². The molecule has 1 aromatic heterocycles. The summed E-state index contributed by atoms with van der Waals surface area (Å²) >= 11 is 0. The van der Waals surface area contributed by atoms with Crippen molar-refractivity contribution in [2.45, 2.75) is 19.8 Å². The molecule has 2 aromatic rings. The number of rotatable bonds is 4. The van der Waals surface area contributed by atoms with Crippen LogP contribution in [0.5, 0.6) is 0 Å². The van der Waals surface area contributed by atoms with Crippen LogP contribution in [0, 0.1) is 18.2 Å². The Kier molecular flexibility index (Phi) is 4.22. The Balaban J connectivity index is 1.74. The van der Waals surface area contributed by atoms with E-state index in [-0.39, 0.29) is 23.7 Å². The van der Waals surface area contributed by atoms with Gasteiger partial charge in [0.2, 0.25) is 0 Å². The molecule has 122 valence electrons. The monoisotopic (exact) mass is 317 g/mol. The predicted molar refractivity (Wildman–Crippen MR) is 83.6 cm³/mol. The van der Waals surface area contributed by atoms with Crippen LogP contribution in [0.25, 0.3) is 0 Å². The first-order chi connectivity index (χ1) is 11.0. The van der Waals surface area contributed by atoms with Crippen LogP contribution in [-0.2, 0) is 6.42 Å². The van der Waals surface area contributed by atoms with E-state index in [4.69, 9.17) is 4.42 Å². The number of aryl methyl sites for hydroxylation is 1. The summed E-state index contributed by atoms with van der Waals surface area (Å²) in [6.07, 6.45) is 2.86. The second-order valence-electron chi connectivity index (χ2n) is 6.33. The molecule has 4 nitrogen and oxygen atoms in total. The van der Waals surface area contributed by atoms with Crippen LogP contribution < -0.4 is 0 Å². The molecule has 1 aliphatic heterocycles. The lowest BCUT2D eigenvalue weighted by molar-refractivity contribution is 0.0738. The number of benzene rings is 1. The van der Waals surface area contributed by atoms with Gasteiger partial charge in [-0.3, -0.25) is 4.79 Å². The number of hydrogen-bond acceptors (Lipinski definition) is 3. The van der Waals surface area contributed by atoms with Crippen LogP contribution in [0.1, 0.15) is 28.1 Å². The van der Waals surface area contributed by atoms with E-state index in [1.54, 1.807) is 30.0 Å². The molecule has 1 saturated heterocycles. The van der Waals surface area contributed by atoms with Crippen molar-refractivity contribution in [1.29, 1.82) is 0 Å². The van der Waals surface area contributed by atoms with Gasteiger partial charge in [-0.25, -0.2) is 4.39 Å². The van der Waals surface area contributed by atoms with E-state index >= 15 is 0 Å². The number of halogens is 1. The molecule has 1 atom stereocenters. The van der Waals surface area contributed by atoms with Gasteiger partial charge in [-0.2, -0.15) is 0 Å². The first-order valence-electron chi connectivity index (χ1n) is 7.72. The van der Waals surface area contributed by atoms with Crippen molar-refractivity contribution in [2.75, 3.05) is 19.7 Å². The fraction of sp³-hybridized carbons (Fsp3) is 0.389. The average molecular weight is 317 g/mol. The van der Waals surface area contributed by atoms with Crippen molar-refractivity contribution in [2.24, 2.45) is 5.41 Å².